The molecule has 7 heteroatoms. The molecule has 0 fully saturated rings. The van der Waals surface area contributed by atoms with Crippen molar-refractivity contribution < 1.29 is 13.9 Å². The summed E-state index contributed by atoms with van der Waals surface area (Å²) in [5.41, 5.74) is 0.577. The predicted molar refractivity (Wildman–Crippen MR) is 76.8 cm³/mol. The van der Waals surface area contributed by atoms with Crippen LogP contribution >= 0.6 is 0 Å². The van der Waals surface area contributed by atoms with Crippen LogP contribution in [-0.2, 0) is 6.54 Å². The van der Waals surface area contributed by atoms with Gasteiger partial charge in [-0.1, -0.05) is 24.3 Å². The first-order valence-electron chi connectivity index (χ1n) is 6.56. The molecule has 0 aliphatic heterocycles. The van der Waals surface area contributed by atoms with Crippen LogP contribution < -0.4 is 10.1 Å². The Morgan fingerprint density at radius 1 is 1.09 bits per heavy atom. The fraction of sp³-hybridized carbons (Fsp3) is 0.0667. The minimum Gasteiger partial charge on any atom is -0.417 e. The lowest BCUT2D eigenvalue weighted by molar-refractivity contribution is 0.198. The Bertz CT molecular complexity index is 744. The normalized spacial score (nSPS) is 10.2. The summed E-state index contributed by atoms with van der Waals surface area (Å²) >= 11 is 0. The highest BCUT2D eigenvalue weighted by Crippen LogP contribution is 2.14. The van der Waals surface area contributed by atoms with Crippen molar-refractivity contribution in [1.29, 1.82) is 0 Å². The number of carbonyl (C=O) groups is 1. The molecule has 3 aromatic rings. The Morgan fingerprint density at radius 2 is 1.91 bits per heavy atom. The average molecular weight is 296 g/mol. The van der Waals surface area contributed by atoms with Gasteiger partial charge in [0, 0.05) is 6.20 Å². The van der Waals surface area contributed by atoms with Gasteiger partial charge in [0.25, 0.3) is 5.89 Å². The lowest BCUT2D eigenvalue weighted by Crippen LogP contribution is -2.26. The van der Waals surface area contributed by atoms with Crippen molar-refractivity contribution in [1.82, 2.24) is 20.5 Å². The number of aromatic nitrogens is 3. The molecule has 1 aromatic carbocycles. The SMILES string of the molecule is O=C(NCc1nnc(-c2ccccn2)o1)Oc1ccccc1. The van der Waals surface area contributed by atoms with Crippen molar-refractivity contribution in [2.45, 2.75) is 6.54 Å². The number of pyridine rings is 1. The lowest BCUT2D eigenvalue weighted by Gasteiger charge is -2.04. The van der Waals surface area contributed by atoms with E-state index in [1.165, 1.54) is 0 Å². The quantitative estimate of drug-likeness (QED) is 0.795. The van der Waals surface area contributed by atoms with Crippen LogP contribution in [0.3, 0.4) is 0 Å². The third-order valence-corrected chi connectivity index (χ3v) is 2.69. The number of rotatable bonds is 4. The second-order valence-corrected chi connectivity index (χ2v) is 4.27. The molecule has 0 atom stereocenters. The summed E-state index contributed by atoms with van der Waals surface area (Å²) < 4.78 is 10.5. The molecule has 1 amide bonds. The molecule has 22 heavy (non-hydrogen) atoms. The molecule has 0 saturated carbocycles. The molecule has 1 N–H and O–H groups in total. The van der Waals surface area contributed by atoms with E-state index in [2.05, 4.69) is 20.5 Å². The molecule has 110 valence electrons. The second kappa shape index (κ2) is 6.49. The van der Waals surface area contributed by atoms with Gasteiger partial charge in [0.05, 0.1) is 6.54 Å². The zero-order valence-electron chi connectivity index (χ0n) is 11.5. The monoisotopic (exact) mass is 296 g/mol. The Kier molecular flexibility index (Phi) is 4.05. The first kappa shape index (κ1) is 13.7. The van der Waals surface area contributed by atoms with E-state index in [1.807, 2.05) is 12.1 Å². The Morgan fingerprint density at radius 3 is 2.68 bits per heavy atom. The summed E-state index contributed by atoms with van der Waals surface area (Å²) in [6.45, 7) is 0.0749. The van der Waals surface area contributed by atoms with E-state index in [4.69, 9.17) is 9.15 Å². The molecule has 2 aromatic heterocycles. The van der Waals surface area contributed by atoms with Crippen LogP contribution in [0, 0.1) is 0 Å². The van der Waals surface area contributed by atoms with Crippen LogP contribution in [0.1, 0.15) is 5.89 Å². The van der Waals surface area contributed by atoms with Crippen molar-refractivity contribution in [2.24, 2.45) is 0 Å². The number of carbonyl (C=O) groups excluding carboxylic acids is 1. The van der Waals surface area contributed by atoms with E-state index in [0.29, 0.717) is 17.3 Å². The number of amides is 1. The molecule has 3 rings (SSSR count). The van der Waals surface area contributed by atoms with Crippen LogP contribution in [-0.4, -0.2) is 21.3 Å². The first-order valence-corrected chi connectivity index (χ1v) is 6.56. The molecular formula is C15H12N4O3. The van der Waals surface area contributed by atoms with E-state index in [9.17, 15) is 4.79 Å². The summed E-state index contributed by atoms with van der Waals surface area (Å²) in [5, 5.41) is 10.3. The van der Waals surface area contributed by atoms with E-state index < -0.39 is 6.09 Å². The minimum absolute atomic E-state index is 0.0749. The van der Waals surface area contributed by atoms with Crippen molar-refractivity contribution >= 4 is 6.09 Å². The zero-order chi connectivity index (χ0) is 15.2. The minimum atomic E-state index is -0.594. The molecular weight excluding hydrogens is 284 g/mol. The Labute approximate surface area is 126 Å². The largest absolute Gasteiger partial charge is 0.417 e. The maximum atomic E-state index is 11.6. The number of hydrogen-bond acceptors (Lipinski definition) is 6. The van der Waals surface area contributed by atoms with E-state index in [0.717, 1.165) is 0 Å². The number of ether oxygens (including phenoxy) is 1. The second-order valence-electron chi connectivity index (χ2n) is 4.27. The summed E-state index contributed by atoms with van der Waals surface area (Å²) in [7, 11) is 0. The van der Waals surface area contributed by atoms with Gasteiger partial charge in [-0.05, 0) is 24.3 Å². The van der Waals surface area contributed by atoms with Gasteiger partial charge in [0.15, 0.2) is 0 Å². The van der Waals surface area contributed by atoms with Gasteiger partial charge < -0.3 is 14.5 Å². The summed E-state index contributed by atoms with van der Waals surface area (Å²) in [6.07, 6.45) is 1.04. The molecule has 0 aliphatic rings. The number of benzene rings is 1. The van der Waals surface area contributed by atoms with Crippen LogP contribution in [0.2, 0.25) is 0 Å². The third-order valence-electron chi connectivity index (χ3n) is 2.69. The van der Waals surface area contributed by atoms with E-state index in [1.54, 1.807) is 42.6 Å². The molecule has 0 saturated heterocycles. The van der Waals surface area contributed by atoms with Crippen molar-refractivity contribution in [3.8, 4) is 17.3 Å². The predicted octanol–water partition coefficient (Wildman–Crippen LogP) is 2.42. The standard InChI is InChI=1S/C15H12N4O3/c20-15(21-11-6-2-1-3-7-11)17-10-13-18-19-14(22-13)12-8-4-5-9-16-12/h1-9H,10H2,(H,17,20). The van der Waals surface area contributed by atoms with Crippen LogP contribution in [0.15, 0.2) is 59.1 Å². The van der Waals surface area contributed by atoms with Crippen LogP contribution in [0.5, 0.6) is 5.75 Å². The van der Waals surface area contributed by atoms with Crippen molar-refractivity contribution in [3.05, 3.63) is 60.6 Å². The van der Waals surface area contributed by atoms with Gasteiger partial charge in [0.2, 0.25) is 5.89 Å². The zero-order valence-corrected chi connectivity index (χ0v) is 11.5. The lowest BCUT2D eigenvalue weighted by atomic mass is 10.3. The smallest absolute Gasteiger partial charge is 0.413 e. The first-order chi connectivity index (χ1) is 10.8. The molecule has 0 unspecified atom stereocenters. The molecule has 0 aliphatic carbocycles. The maximum absolute atomic E-state index is 11.6. The van der Waals surface area contributed by atoms with Crippen molar-refractivity contribution in [3.63, 3.8) is 0 Å². The molecule has 0 radical (unpaired) electrons. The van der Waals surface area contributed by atoms with Crippen LogP contribution in [0.4, 0.5) is 4.79 Å². The number of nitrogens with one attached hydrogen (secondary N) is 1. The number of para-hydroxylation sites is 1. The molecule has 2 heterocycles. The van der Waals surface area contributed by atoms with Gasteiger partial charge in [-0.15, -0.1) is 10.2 Å². The molecule has 7 nitrogen and oxygen atoms in total. The highest BCUT2D eigenvalue weighted by Gasteiger charge is 2.11. The van der Waals surface area contributed by atoms with Gasteiger partial charge in [-0.3, -0.25) is 4.98 Å². The summed E-state index contributed by atoms with van der Waals surface area (Å²) in [6, 6.07) is 14.1. The van der Waals surface area contributed by atoms with Gasteiger partial charge in [-0.25, -0.2) is 4.79 Å². The van der Waals surface area contributed by atoms with Gasteiger partial charge in [0.1, 0.15) is 11.4 Å². The topological polar surface area (TPSA) is 90.1 Å². The van der Waals surface area contributed by atoms with Crippen LogP contribution in [0.25, 0.3) is 11.6 Å². The maximum Gasteiger partial charge on any atom is 0.413 e. The Hall–Kier alpha value is -3.22. The highest BCUT2D eigenvalue weighted by atomic mass is 16.6. The van der Waals surface area contributed by atoms with E-state index >= 15 is 0 Å². The van der Waals surface area contributed by atoms with Gasteiger partial charge in [-0.2, -0.15) is 0 Å². The summed E-state index contributed by atoms with van der Waals surface area (Å²) in [4.78, 5) is 15.7. The number of hydrogen-bond donors (Lipinski definition) is 1. The average Bonchev–Trinajstić information content (AvgIpc) is 3.04. The highest BCUT2D eigenvalue weighted by molar-refractivity contribution is 5.70. The summed E-state index contributed by atoms with van der Waals surface area (Å²) in [5.74, 6) is 1.03. The third kappa shape index (κ3) is 3.45. The fourth-order valence-corrected chi connectivity index (χ4v) is 1.70. The van der Waals surface area contributed by atoms with Crippen molar-refractivity contribution in [2.75, 3.05) is 0 Å². The van der Waals surface area contributed by atoms with Gasteiger partial charge >= 0.3 is 6.09 Å². The number of nitrogens with zero attached hydrogens (tertiary/aromatic N) is 3. The fourth-order valence-electron chi connectivity index (χ4n) is 1.70. The molecule has 0 spiro atoms. The van der Waals surface area contributed by atoms with E-state index in [-0.39, 0.29) is 12.4 Å². The Balaban J connectivity index is 1.56. The molecule has 0 bridgehead atoms.